The molecule has 10 aromatic rings. The fourth-order valence-corrected chi connectivity index (χ4v) is 9.41. The molecule has 9 aromatic carbocycles. The van der Waals surface area contributed by atoms with Crippen LogP contribution < -0.4 is 9.64 Å². The monoisotopic (exact) mass is 740 g/mol. The summed E-state index contributed by atoms with van der Waals surface area (Å²) in [7, 11) is 0. The third kappa shape index (κ3) is 5.07. The highest BCUT2D eigenvalue weighted by molar-refractivity contribution is 6.11. The van der Waals surface area contributed by atoms with Gasteiger partial charge in [-0.3, -0.25) is 0 Å². The average molecular weight is 741 g/mol. The van der Waals surface area contributed by atoms with E-state index in [0.717, 1.165) is 57.4 Å². The van der Waals surface area contributed by atoms with E-state index < -0.39 is 0 Å². The van der Waals surface area contributed by atoms with Gasteiger partial charge in [-0.25, -0.2) is 0 Å². The van der Waals surface area contributed by atoms with Crippen molar-refractivity contribution in [3.8, 4) is 61.7 Å². The molecule has 0 unspecified atom stereocenters. The van der Waals surface area contributed by atoms with Gasteiger partial charge < -0.3 is 14.2 Å². The van der Waals surface area contributed by atoms with Gasteiger partial charge in [0.2, 0.25) is 0 Å². The molecular weight excluding hydrogens is 705 g/mol. The van der Waals surface area contributed by atoms with E-state index in [1.165, 1.54) is 60.8 Å². The van der Waals surface area contributed by atoms with Crippen molar-refractivity contribution in [2.24, 2.45) is 0 Å². The van der Waals surface area contributed by atoms with Crippen molar-refractivity contribution >= 4 is 38.9 Å². The Morgan fingerprint density at radius 1 is 0.379 bits per heavy atom. The Kier molecular flexibility index (Phi) is 7.29. The Morgan fingerprint density at radius 3 is 1.84 bits per heavy atom. The number of para-hydroxylation sites is 4. The lowest BCUT2D eigenvalue weighted by atomic mass is 9.87. The van der Waals surface area contributed by atoms with Crippen molar-refractivity contribution in [3.05, 3.63) is 217 Å². The molecule has 12 rings (SSSR count). The lowest BCUT2D eigenvalue weighted by molar-refractivity contribution is 0.488. The molecule has 1 aliphatic carbocycles. The third-order valence-corrected chi connectivity index (χ3v) is 12.0. The van der Waals surface area contributed by atoms with Crippen molar-refractivity contribution < 1.29 is 4.74 Å². The first-order valence-electron chi connectivity index (χ1n) is 20.0. The maximum absolute atomic E-state index is 6.55. The van der Waals surface area contributed by atoms with E-state index in [-0.39, 0.29) is 0 Å². The molecule has 0 spiro atoms. The van der Waals surface area contributed by atoms with Crippen LogP contribution in [0.15, 0.2) is 206 Å². The molecule has 2 aliphatic rings. The third-order valence-electron chi connectivity index (χ3n) is 12.0. The minimum atomic E-state index is 0.867. The van der Waals surface area contributed by atoms with Gasteiger partial charge in [0.25, 0.3) is 0 Å². The molecule has 0 fully saturated rings. The van der Waals surface area contributed by atoms with E-state index in [1.54, 1.807) is 0 Å². The first-order valence-corrected chi connectivity index (χ1v) is 20.0. The van der Waals surface area contributed by atoms with Crippen LogP contribution in [-0.2, 0) is 6.42 Å². The van der Waals surface area contributed by atoms with Gasteiger partial charge in [-0.1, -0.05) is 133 Å². The molecule has 0 atom stereocenters. The lowest BCUT2D eigenvalue weighted by Gasteiger charge is -2.27. The summed E-state index contributed by atoms with van der Waals surface area (Å²) in [5.74, 6) is 1.74. The molecule has 0 radical (unpaired) electrons. The van der Waals surface area contributed by atoms with Gasteiger partial charge in [0.05, 0.1) is 11.0 Å². The Bertz CT molecular complexity index is 3230. The zero-order valence-corrected chi connectivity index (χ0v) is 31.6. The summed E-state index contributed by atoms with van der Waals surface area (Å²) in [6, 6.07) is 74.7. The van der Waals surface area contributed by atoms with Gasteiger partial charge in [0, 0.05) is 50.2 Å². The number of rotatable bonds is 5. The van der Waals surface area contributed by atoms with Crippen molar-refractivity contribution in [3.63, 3.8) is 0 Å². The summed E-state index contributed by atoms with van der Waals surface area (Å²) in [6.07, 6.45) is 0.964. The topological polar surface area (TPSA) is 17.4 Å². The second-order valence-corrected chi connectivity index (χ2v) is 15.3. The maximum Gasteiger partial charge on any atom is 0.135 e. The first-order chi connectivity index (χ1) is 28.8. The standard InChI is InChI=1S/C55H36N2O/c1-2-14-39(15-3-1)57-51-22-9-6-17-45(51)50-35-42(31-32-52(50)57)56(41-30-27-38-33-37-13-4-5-16-43(37)49(38)34-41)40-28-25-36(26-29-40)44-20-12-21-47-46-18-7-10-23-53(46)58-54-24-11-8-19-48(54)55(44)47/h1-32,34-35H,33H2. The molecule has 1 aromatic heterocycles. The SMILES string of the molecule is c1ccc(-n2c3ccccc3c3cc(N(c4ccc(-c5cccc6c5-c5ccccc5Oc5ccccc5-6)cc4)c4ccc5c(c4)-c4ccccc4C5)ccc32)cc1. The number of nitrogens with zero attached hydrogens (tertiary/aromatic N) is 2. The molecule has 0 saturated carbocycles. The van der Waals surface area contributed by atoms with Crippen molar-refractivity contribution in [1.29, 1.82) is 0 Å². The predicted octanol–water partition coefficient (Wildman–Crippen LogP) is 14.9. The number of benzene rings is 9. The van der Waals surface area contributed by atoms with E-state index in [0.29, 0.717) is 0 Å². The van der Waals surface area contributed by atoms with Crippen LogP contribution in [0.2, 0.25) is 0 Å². The highest BCUT2D eigenvalue weighted by atomic mass is 16.5. The molecule has 0 amide bonds. The second kappa shape index (κ2) is 13.0. The molecule has 1 aliphatic heterocycles. The zero-order chi connectivity index (χ0) is 38.2. The average Bonchev–Trinajstić information content (AvgIpc) is 3.78. The molecule has 2 heterocycles. The van der Waals surface area contributed by atoms with E-state index in [2.05, 4.69) is 204 Å². The zero-order valence-electron chi connectivity index (χ0n) is 31.6. The van der Waals surface area contributed by atoms with Crippen LogP contribution in [0, 0.1) is 0 Å². The van der Waals surface area contributed by atoms with Crippen LogP contribution in [0.3, 0.4) is 0 Å². The maximum atomic E-state index is 6.55. The van der Waals surface area contributed by atoms with Crippen LogP contribution in [0.4, 0.5) is 17.1 Å². The smallest absolute Gasteiger partial charge is 0.135 e. The largest absolute Gasteiger partial charge is 0.456 e. The summed E-state index contributed by atoms with van der Waals surface area (Å²) in [5.41, 5.74) is 19.1. The summed E-state index contributed by atoms with van der Waals surface area (Å²) in [5, 5.41) is 2.45. The van der Waals surface area contributed by atoms with Gasteiger partial charge in [-0.2, -0.15) is 0 Å². The number of hydrogen-bond acceptors (Lipinski definition) is 2. The normalized spacial score (nSPS) is 12.2. The van der Waals surface area contributed by atoms with E-state index >= 15 is 0 Å². The number of ether oxygens (including phenoxy) is 1. The molecule has 272 valence electrons. The van der Waals surface area contributed by atoms with Crippen LogP contribution in [0.25, 0.3) is 72.0 Å². The van der Waals surface area contributed by atoms with Gasteiger partial charge in [-0.05, 0) is 118 Å². The molecule has 0 bridgehead atoms. The summed E-state index contributed by atoms with van der Waals surface area (Å²) in [6.45, 7) is 0. The molecule has 3 nitrogen and oxygen atoms in total. The Labute approximate surface area is 337 Å². The van der Waals surface area contributed by atoms with Crippen molar-refractivity contribution in [1.82, 2.24) is 4.57 Å². The van der Waals surface area contributed by atoms with Crippen LogP contribution in [0.1, 0.15) is 11.1 Å². The Balaban J connectivity index is 1.04. The Hall–Kier alpha value is -7.62. The minimum absolute atomic E-state index is 0.867. The molecule has 3 heteroatoms. The lowest BCUT2D eigenvalue weighted by Crippen LogP contribution is -2.10. The van der Waals surface area contributed by atoms with Crippen molar-refractivity contribution in [2.75, 3.05) is 4.90 Å². The molecular formula is C55H36N2O. The molecule has 0 saturated heterocycles. The number of aromatic nitrogens is 1. The number of fused-ring (bicyclic) bond motifs is 11. The van der Waals surface area contributed by atoms with Crippen molar-refractivity contribution in [2.45, 2.75) is 6.42 Å². The van der Waals surface area contributed by atoms with E-state index in [4.69, 9.17) is 4.74 Å². The van der Waals surface area contributed by atoms with Crippen LogP contribution >= 0.6 is 0 Å². The van der Waals surface area contributed by atoms with Gasteiger partial charge >= 0.3 is 0 Å². The number of anilines is 3. The number of hydrogen-bond donors (Lipinski definition) is 0. The predicted molar refractivity (Wildman–Crippen MR) is 240 cm³/mol. The van der Waals surface area contributed by atoms with Gasteiger partial charge in [0.1, 0.15) is 11.5 Å². The molecule has 0 N–H and O–H groups in total. The minimum Gasteiger partial charge on any atom is -0.456 e. The second-order valence-electron chi connectivity index (χ2n) is 15.3. The summed E-state index contributed by atoms with van der Waals surface area (Å²) in [4.78, 5) is 2.42. The summed E-state index contributed by atoms with van der Waals surface area (Å²) < 4.78 is 8.93. The van der Waals surface area contributed by atoms with Crippen LogP contribution in [-0.4, -0.2) is 4.57 Å². The highest BCUT2D eigenvalue weighted by Gasteiger charge is 2.25. The van der Waals surface area contributed by atoms with E-state index in [1.807, 2.05) is 12.1 Å². The first kappa shape index (κ1) is 32.6. The van der Waals surface area contributed by atoms with Gasteiger partial charge in [-0.15, -0.1) is 0 Å². The van der Waals surface area contributed by atoms with Gasteiger partial charge in [0.15, 0.2) is 0 Å². The van der Waals surface area contributed by atoms with Crippen LogP contribution in [0.5, 0.6) is 11.5 Å². The fraction of sp³-hybridized carbons (Fsp3) is 0.0182. The Morgan fingerprint density at radius 2 is 0.983 bits per heavy atom. The van der Waals surface area contributed by atoms with E-state index in [9.17, 15) is 0 Å². The fourth-order valence-electron chi connectivity index (χ4n) is 9.41. The molecule has 58 heavy (non-hydrogen) atoms. The summed E-state index contributed by atoms with van der Waals surface area (Å²) >= 11 is 0. The highest BCUT2D eigenvalue weighted by Crippen LogP contribution is 2.51. The quantitative estimate of drug-likeness (QED) is 0.175.